The number of anilines is 1. The van der Waals surface area contributed by atoms with E-state index in [1.807, 2.05) is 0 Å². The maximum atomic E-state index is 14.3. The molecule has 0 aliphatic heterocycles. The molecule has 3 aromatic rings. The van der Waals surface area contributed by atoms with Crippen LogP contribution in [0.3, 0.4) is 0 Å². The summed E-state index contributed by atoms with van der Waals surface area (Å²) in [5.41, 5.74) is 0.812. The molecule has 0 aliphatic rings. The number of hydrogen-bond donors (Lipinski definition) is 2. The van der Waals surface area contributed by atoms with E-state index in [1.54, 1.807) is 25.1 Å². The third-order valence-corrected chi connectivity index (χ3v) is 6.66. The van der Waals surface area contributed by atoms with Gasteiger partial charge in [0.15, 0.2) is 0 Å². The summed E-state index contributed by atoms with van der Waals surface area (Å²) in [7, 11) is -0.401. The van der Waals surface area contributed by atoms with Gasteiger partial charge in [-0.15, -0.1) is 0 Å². The van der Waals surface area contributed by atoms with Gasteiger partial charge in [0.2, 0.25) is 0 Å². The summed E-state index contributed by atoms with van der Waals surface area (Å²) in [6.45, 7) is 0.103. The number of carbonyl (C=O) groups excluding carboxylic acids is 1. The Bertz CT molecular complexity index is 1210. The number of rotatable bonds is 8. The number of nitrogens with one attached hydrogen (secondary N) is 2. The van der Waals surface area contributed by atoms with Crippen LogP contribution < -0.4 is 10.0 Å². The molecular weight excluding hydrogens is 472 g/mol. The minimum Gasteiger partial charge on any atom is -0.350 e. The number of sulfonamides is 1. The molecule has 1 atom stereocenters. The Hall–Kier alpha value is -3.01. The molecule has 0 spiro atoms. The van der Waals surface area contributed by atoms with Gasteiger partial charge >= 0.3 is 0 Å². The van der Waals surface area contributed by atoms with Crippen molar-refractivity contribution in [1.82, 2.24) is 10.2 Å². The molecule has 0 fully saturated rings. The first-order valence-corrected chi connectivity index (χ1v) is 11.7. The largest absolute Gasteiger partial charge is 0.350 e. The number of likely N-dealkylation sites (N-methyl/N-ethyl adjacent to an activating group) is 1. The maximum absolute atomic E-state index is 14.3. The Morgan fingerprint density at radius 2 is 1.64 bits per heavy atom. The number of hydrogen-bond acceptors (Lipinski definition) is 4. The molecule has 174 valence electrons. The van der Waals surface area contributed by atoms with Crippen LogP contribution in [-0.4, -0.2) is 39.9 Å². The van der Waals surface area contributed by atoms with Gasteiger partial charge in [-0.2, -0.15) is 0 Å². The predicted octanol–water partition coefficient (Wildman–Crippen LogP) is 4.45. The quantitative estimate of drug-likeness (QED) is 0.486. The molecule has 3 rings (SSSR count). The average Bonchev–Trinajstić information content (AvgIpc) is 2.76. The highest BCUT2D eigenvalue weighted by atomic mass is 35.5. The molecule has 1 amide bonds. The summed E-state index contributed by atoms with van der Waals surface area (Å²) >= 11 is 6.17. The normalized spacial score (nSPS) is 12.4. The van der Waals surface area contributed by atoms with E-state index in [1.165, 1.54) is 36.4 Å². The van der Waals surface area contributed by atoms with E-state index in [0.717, 1.165) is 24.3 Å². The molecule has 2 N–H and O–H groups in total. The highest BCUT2D eigenvalue weighted by molar-refractivity contribution is 7.92. The van der Waals surface area contributed by atoms with Gasteiger partial charge in [-0.05, 0) is 74.8 Å². The van der Waals surface area contributed by atoms with Crippen LogP contribution in [0.4, 0.5) is 14.5 Å². The average molecular weight is 494 g/mol. The molecule has 0 saturated carbocycles. The standard InChI is InChI=1S/C23H22ClF2N3O3S/c1-29(2)21(22-19(24)4-3-5-20(22)26)14-27-23(30)15-6-10-17(11-7-15)28-33(31,32)18-12-8-16(25)9-13-18/h3-13,21,28H,14H2,1-2H3,(H,27,30). The molecular formula is C23H22ClF2N3O3S. The van der Waals surface area contributed by atoms with Crippen molar-refractivity contribution in [1.29, 1.82) is 0 Å². The van der Waals surface area contributed by atoms with Gasteiger partial charge in [0.05, 0.1) is 10.9 Å². The van der Waals surface area contributed by atoms with Crippen molar-refractivity contribution in [2.24, 2.45) is 0 Å². The zero-order valence-electron chi connectivity index (χ0n) is 17.8. The summed E-state index contributed by atoms with van der Waals surface area (Å²) < 4.78 is 54.5. The number of amides is 1. The lowest BCUT2D eigenvalue weighted by Gasteiger charge is -2.26. The number of benzene rings is 3. The lowest BCUT2D eigenvalue weighted by Crippen LogP contribution is -2.35. The maximum Gasteiger partial charge on any atom is 0.261 e. The molecule has 10 heteroatoms. The van der Waals surface area contributed by atoms with E-state index < -0.39 is 33.6 Å². The summed E-state index contributed by atoms with van der Waals surface area (Å²) in [5.74, 6) is -1.42. The van der Waals surface area contributed by atoms with E-state index in [-0.39, 0.29) is 33.3 Å². The fraction of sp³-hybridized carbons (Fsp3) is 0.174. The molecule has 0 radical (unpaired) electrons. The summed E-state index contributed by atoms with van der Waals surface area (Å²) in [4.78, 5) is 14.2. The first kappa shape index (κ1) is 24.6. The Morgan fingerprint density at radius 1 is 1.00 bits per heavy atom. The lowest BCUT2D eigenvalue weighted by atomic mass is 10.0. The summed E-state index contributed by atoms with van der Waals surface area (Å²) in [6.07, 6.45) is 0. The number of carbonyl (C=O) groups is 1. The van der Waals surface area contributed by atoms with E-state index in [0.29, 0.717) is 0 Å². The van der Waals surface area contributed by atoms with Crippen LogP contribution in [0.15, 0.2) is 71.6 Å². The van der Waals surface area contributed by atoms with Crippen molar-refractivity contribution in [3.05, 3.63) is 94.5 Å². The molecule has 6 nitrogen and oxygen atoms in total. The Balaban J connectivity index is 1.68. The van der Waals surface area contributed by atoms with E-state index in [9.17, 15) is 22.0 Å². The van der Waals surface area contributed by atoms with Crippen molar-refractivity contribution < 1.29 is 22.0 Å². The van der Waals surface area contributed by atoms with Crippen molar-refractivity contribution >= 4 is 33.2 Å². The molecule has 3 aromatic carbocycles. The van der Waals surface area contributed by atoms with Crippen LogP contribution in [0.1, 0.15) is 22.0 Å². The van der Waals surface area contributed by atoms with E-state index in [2.05, 4.69) is 10.0 Å². The fourth-order valence-electron chi connectivity index (χ4n) is 3.18. The van der Waals surface area contributed by atoms with Crippen LogP contribution >= 0.6 is 11.6 Å². The monoisotopic (exact) mass is 493 g/mol. The predicted molar refractivity (Wildman–Crippen MR) is 124 cm³/mol. The van der Waals surface area contributed by atoms with Crippen molar-refractivity contribution in [3.63, 3.8) is 0 Å². The van der Waals surface area contributed by atoms with Gasteiger partial charge in [-0.25, -0.2) is 17.2 Å². The van der Waals surface area contributed by atoms with Crippen molar-refractivity contribution in [3.8, 4) is 0 Å². The van der Waals surface area contributed by atoms with Gasteiger partial charge in [-0.3, -0.25) is 9.52 Å². The Kier molecular flexibility index (Phi) is 7.68. The summed E-state index contributed by atoms with van der Waals surface area (Å²) in [6, 6.07) is 14.1. The molecule has 1 unspecified atom stereocenters. The molecule has 0 bridgehead atoms. The molecule has 0 heterocycles. The minimum atomic E-state index is -3.90. The molecule has 0 aliphatic carbocycles. The van der Waals surface area contributed by atoms with Gasteiger partial charge < -0.3 is 10.2 Å². The van der Waals surface area contributed by atoms with E-state index >= 15 is 0 Å². The van der Waals surface area contributed by atoms with Gasteiger partial charge in [0.25, 0.3) is 15.9 Å². The molecule has 0 saturated heterocycles. The second-order valence-electron chi connectivity index (χ2n) is 7.46. The SMILES string of the molecule is CN(C)C(CNC(=O)c1ccc(NS(=O)(=O)c2ccc(F)cc2)cc1)c1c(F)cccc1Cl. The minimum absolute atomic E-state index is 0.0905. The fourth-order valence-corrected chi connectivity index (χ4v) is 4.53. The second-order valence-corrected chi connectivity index (χ2v) is 9.55. The smallest absolute Gasteiger partial charge is 0.261 e. The van der Waals surface area contributed by atoms with E-state index in [4.69, 9.17) is 11.6 Å². The van der Waals surface area contributed by atoms with Crippen LogP contribution in [0, 0.1) is 11.6 Å². The first-order chi connectivity index (χ1) is 15.6. The third-order valence-electron chi connectivity index (χ3n) is 4.94. The zero-order valence-corrected chi connectivity index (χ0v) is 19.4. The van der Waals surface area contributed by atoms with Crippen LogP contribution in [0.2, 0.25) is 5.02 Å². The van der Waals surface area contributed by atoms with Gasteiger partial charge in [0.1, 0.15) is 11.6 Å². The lowest BCUT2D eigenvalue weighted by molar-refractivity contribution is 0.0941. The van der Waals surface area contributed by atoms with Gasteiger partial charge in [0, 0.05) is 28.4 Å². The van der Waals surface area contributed by atoms with Crippen LogP contribution in [0.5, 0.6) is 0 Å². The van der Waals surface area contributed by atoms with Crippen LogP contribution in [0.25, 0.3) is 0 Å². The summed E-state index contributed by atoms with van der Waals surface area (Å²) in [5, 5.41) is 3.02. The molecule has 33 heavy (non-hydrogen) atoms. The Labute approximate surface area is 196 Å². The highest BCUT2D eigenvalue weighted by Gasteiger charge is 2.22. The molecule has 0 aromatic heterocycles. The third kappa shape index (κ3) is 6.07. The van der Waals surface area contributed by atoms with Crippen molar-refractivity contribution in [2.75, 3.05) is 25.4 Å². The topological polar surface area (TPSA) is 78.5 Å². The number of nitrogens with zero attached hydrogens (tertiary/aromatic N) is 1. The Morgan fingerprint density at radius 3 is 2.21 bits per heavy atom. The van der Waals surface area contributed by atoms with Crippen LogP contribution in [-0.2, 0) is 10.0 Å². The van der Waals surface area contributed by atoms with Crippen molar-refractivity contribution in [2.45, 2.75) is 10.9 Å². The van der Waals surface area contributed by atoms with Gasteiger partial charge in [-0.1, -0.05) is 17.7 Å². The first-order valence-electron chi connectivity index (χ1n) is 9.85. The zero-order chi connectivity index (χ0) is 24.2. The highest BCUT2D eigenvalue weighted by Crippen LogP contribution is 2.28. The number of halogens is 3. The second kappa shape index (κ2) is 10.3.